The standard InChI is InChI=1S/C17H22N2O3/c1-13(14(2)20)18-19(21)15-7-9-16(10-8-15)22-12-6-11-17(3,4)5/h7-10,13H,12H2,1-5H3/t13-/m0/s1. The molecule has 0 aromatic heterocycles. The van der Waals surface area contributed by atoms with Crippen molar-refractivity contribution in [3.05, 3.63) is 29.5 Å². The molecule has 1 aromatic carbocycles. The van der Waals surface area contributed by atoms with Gasteiger partial charge in [-0.3, -0.25) is 4.79 Å². The first-order valence-electron chi connectivity index (χ1n) is 7.10. The van der Waals surface area contributed by atoms with Crippen LogP contribution in [0.2, 0.25) is 0 Å². The Labute approximate surface area is 131 Å². The summed E-state index contributed by atoms with van der Waals surface area (Å²) in [6, 6.07) is 5.88. The highest BCUT2D eigenvalue weighted by Gasteiger charge is 2.12. The van der Waals surface area contributed by atoms with E-state index in [1.165, 1.54) is 6.92 Å². The minimum atomic E-state index is -0.652. The molecule has 0 saturated carbocycles. The van der Waals surface area contributed by atoms with Gasteiger partial charge in [0, 0.05) is 17.5 Å². The molecule has 1 rings (SSSR count). The number of benzene rings is 1. The van der Waals surface area contributed by atoms with Crippen LogP contribution in [0.25, 0.3) is 0 Å². The van der Waals surface area contributed by atoms with Crippen molar-refractivity contribution in [3.63, 3.8) is 0 Å². The highest BCUT2D eigenvalue weighted by molar-refractivity contribution is 5.80. The van der Waals surface area contributed by atoms with Gasteiger partial charge in [0.15, 0.2) is 11.8 Å². The normalized spacial score (nSPS) is 13.0. The number of nitrogens with zero attached hydrogens (tertiary/aromatic N) is 2. The Balaban J connectivity index is 2.67. The largest absolute Gasteiger partial charge is 0.594 e. The van der Waals surface area contributed by atoms with Crippen LogP contribution in [0.4, 0.5) is 5.69 Å². The number of ether oxygens (including phenoxy) is 1. The molecule has 0 aliphatic carbocycles. The molecule has 5 nitrogen and oxygen atoms in total. The highest BCUT2D eigenvalue weighted by Crippen LogP contribution is 2.18. The molecule has 0 heterocycles. The fourth-order valence-electron chi connectivity index (χ4n) is 1.40. The second-order valence-corrected chi connectivity index (χ2v) is 6.01. The van der Waals surface area contributed by atoms with Crippen molar-refractivity contribution in [3.8, 4) is 17.6 Å². The summed E-state index contributed by atoms with van der Waals surface area (Å²) >= 11 is 0. The van der Waals surface area contributed by atoms with Crippen LogP contribution in [-0.2, 0) is 4.79 Å². The van der Waals surface area contributed by atoms with Crippen LogP contribution < -0.4 is 4.74 Å². The number of carbonyl (C=O) groups excluding carboxylic acids is 1. The lowest BCUT2D eigenvalue weighted by molar-refractivity contribution is -0.444. The van der Waals surface area contributed by atoms with Crippen LogP contribution in [0, 0.1) is 22.5 Å². The third-order valence-electron chi connectivity index (χ3n) is 2.70. The molecule has 0 N–H and O–H groups in total. The smallest absolute Gasteiger partial charge is 0.244 e. The minimum Gasteiger partial charge on any atom is -0.594 e. The third-order valence-corrected chi connectivity index (χ3v) is 2.70. The first-order valence-corrected chi connectivity index (χ1v) is 7.10. The second kappa shape index (κ2) is 7.60. The van der Waals surface area contributed by atoms with E-state index in [2.05, 4.69) is 17.0 Å². The van der Waals surface area contributed by atoms with Gasteiger partial charge in [-0.2, -0.15) is 0 Å². The van der Waals surface area contributed by atoms with E-state index in [4.69, 9.17) is 4.74 Å². The van der Waals surface area contributed by atoms with Gasteiger partial charge in [0.25, 0.3) is 0 Å². The predicted molar refractivity (Wildman–Crippen MR) is 85.0 cm³/mol. The summed E-state index contributed by atoms with van der Waals surface area (Å²) in [7, 11) is 0. The van der Waals surface area contributed by atoms with Crippen LogP contribution in [0.1, 0.15) is 34.6 Å². The Morgan fingerprint density at radius 2 is 1.95 bits per heavy atom. The number of azo groups is 1. The molecule has 1 atom stereocenters. The van der Waals surface area contributed by atoms with E-state index in [-0.39, 0.29) is 11.2 Å². The van der Waals surface area contributed by atoms with Gasteiger partial charge in [0.2, 0.25) is 5.69 Å². The van der Waals surface area contributed by atoms with E-state index in [9.17, 15) is 10.0 Å². The van der Waals surface area contributed by atoms with Crippen LogP contribution in [0.3, 0.4) is 0 Å². The maximum Gasteiger partial charge on any atom is 0.244 e. The molecule has 0 aliphatic heterocycles. The van der Waals surface area contributed by atoms with E-state index < -0.39 is 6.04 Å². The lowest BCUT2D eigenvalue weighted by Gasteiger charge is -2.07. The van der Waals surface area contributed by atoms with Crippen molar-refractivity contribution < 1.29 is 14.4 Å². The van der Waals surface area contributed by atoms with Crippen LogP contribution in [0.15, 0.2) is 29.4 Å². The quantitative estimate of drug-likeness (QED) is 0.360. The molecule has 0 radical (unpaired) electrons. The van der Waals surface area contributed by atoms with Crippen molar-refractivity contribution in [2.75, 3.05) is 6.61 Å². The van der Waals surface area contributed by atoms with Gasteiger partial charge >= 0.3 is 0 Å². The molecule has 0 bridgehead atoms. The van der Waals surface area contributed by atoms with Gasteiger partial charge in [-0.15, -0.1) is 0 Å². The van der Waals surface area contributed by atoms with E-state index in [0.29, 0.717) is 22.9 Å². The van der Waals surface area contributed by atoms with Gasteiger partial charge in [0.1, 0.15) is 12.4 Å². The Morgan fingerprint density at radius 1 is 1.36 bits per heavy atom. The highest BCUT2D eigenvalue weighted by atomic mass is 16.5. The van der Waals surface area contributed by atoms with Gasteiger partial charge < -0.3 is 9.94 Å². The lowest BCUT2D eigenvalue weighted by atomic mass is 9.98. The number of Topliss-reactive ketones (excluding diaryl/α,β-unsaturated/α-hetero) is 1. The van der Waals surface area contributed by atoms with Crippen molar-refractivity contribution in [2.24, 2.45) is 10.5 Å². The van der Waals surface area contributed by atoms with Crippen LogP contribution in [-0.4, -0.2) is 23.3 Å². The van der Waals surface area contributed by atoms with Crippen LogP contribution in [0.5, 0.6) is 5.75 Å². The number of carbonyl (C=O) groups is 1. The average molecular weight is 302 g/mol. The molecule has 0 fully saturated rings. The SMILES string of the molecule is CC(=O)[C@H](C)N=[N+]([O-])c1ccc(OCC#CC(C)(C)C)cc1. The fourth-order valence-corrected chi connectivity index (χ4v) is 1.40. The molecule has 118 valence electrons. The molecule has 0 saturated heterocycles. The minimum absolute atomic E-state index is 0.0504. The average Bonchev–Trinajstić information content (AvgIpc) is 2.43. The molecular formula is C17H22N2O3. The number of hydrogen-bond acceptors (Lipinski definition) is 4. The fraction of sp³-hybridized carbons (Fsp3) is 0.471. The number of hydrogen-bond donors (Lipinski definition) is 0. The monoisotopic (exact) mass is 302 g/mol. The van der Waals surface area contributed by atoms with Gasteiger partial charge in [-0.1, -0.05) is 16.7 Å². The van der Waals surface area contributed by atoms with E-state index in [0.717, 1.165) is 0 Å². The lowest BCUT2D eigenvalue weighted by Crippen LogP contribution is -2.12. The maximum atomic E-state index is 11.8. The van der Waals surface area contributed by atoms with Crippen molar-refractivity contribution in [1.29, 1.82) is 0 Å². The van der Waals surface area contributed by atoms with E-state index >= 15 is 0 Å². The van der Waals surface area contributed by atoms with Crippen LogP contribution >= 0.6 is 0 Å². The molecular weight excluding hydrogens is 280 g/mol. The predicted octanol–water partition coefficient (Wildman–Crippen LogP) is 3.69. The number of ketones is 1. The van der Waals surface area contributed by atoms with Gasteiger partial charge in [-0.05, 0) is 51.9 Å². The zero-order valence-electron chi connectivity index (χ0n) is 13.7. The van der Waals surface area contributed by atoms with Gasteiger partial charge in [-0.25, -0.2) is 0 Å². The van der Waals surface area contributed by atoms with Crippen molar-refractivity contribution in [1.82, 2.24) is 0 Å². The summed E-state index contributed by atoms with van der Waals surface area (Å²) in [5.74, 6) is 6.49. The molecule has 5 heteroatoms. The first kappa shape index (κ1) is 17.7. The third kappa shape index (κ3) is 6.40. The summed E-state index contributed by atoms with van der Waals surface area (Å²) in [6.07, 6.45) is 0. The Kier molecular flexibility index (Phi) is 6.11. The molecule has 0 aliphatic rings. The van der Waals surface area contributed by atoms with E-state index in [1.54, 1.807) is 31.2 Å². The van der Waals surface area contributed by atoms with Crippen molar-refractivity contribution >= 4 is 11.5 Å². The topological polar surface area (TPSA) is 64.7 Å². The molecule has 0 spiro atoms. The Hall–Kier alpha value is -2.35. The second-order valence-electron chi connectivity index (χ2n) is 6.01. The summed E-state index contributed by atoms with van der Waals surface area (Å²) in [5, 5.41) is 15.5. The summed E-state index contributed by atoms with van der Waals surface area (Å²) in [6.45, 7) is 9.37. The summed E-state index contributed by atoms with van der Waals surface area (Å²) in [5.41, 5.74) is 0.298. The molecule has 22 heavy (non-hydrogen) atoms. The molecule has 0 amide bonds. The Bertz CT molecular complexity index is 602. The van der Waals surface area contributed by atoms with Gasteiger partial charge in [0.05, 0.1) is 0 Å². The van der Waals surface area contributed by atoms with E-state index in [1.807, 2.05) is 20.8 Å². The molecule has 1 aromatic rings. The zero-order chi connectivity index (χ0) is 16.8. The summed E-state index contributed by atoms with van der Waals surface area (Å²) in [4.78, 5) is 11.5. The summed E-state index contributed by atoms with van der Waals surface area (Å²) < 4.78 is 5.48. The zero-order valence-corrected chi connectivity index (χ0v) is 13.7. The number of rotatable bonds is 5. The maximum absolute atomic E-state index is 11.8. The Morgan fingerprint density at radius 3 is 2.45 bits per heavy atom. The first-order chi connectivity index (χ1) is 10.2. The van der Waals surface area contributed by atoms with Crippen molar-refractivity contribution in [2.45, 2.75) is 40.7 Å². The molecule has 0 unspecified atom stereocenters.